The maximum atomic E-state index is 13.3. The summed E-state index contributed by atoms with van der Waals surface area (Å²) in [5, 5.41) is 2.69. The van der Waals surface area contributed by atoms with Crippen LogP contribution in [0.2, 0.25) is 0 Å². The van der Waals surface area contributed by atoms with E-state index in [1.165, 1.54) is 58.2 Å². The van der Waals surface area contributed by atoms with E-state index in [4.69, 9.17) is 9.47 Å². The number of carbonyl (C=O) groups excluding carboxylic acids is 1. The normalized spacial score (nSPS) is 21.9. The van der Waals surface area contributed by atoms with Gasteiger partial charge < -0.3 is 14.8 Å². The van der Waals surface area contributed by atoms with E-state index in [1.807, 2.05) is 13.8 Å². The van der Waals surface area contributed by atoms with E-state index in [2.05, 4.69) is 5.32 Å². The summed E-state index contributed by atoms with van der Waals surface area (Å²) in [7, 11) is -6.15. The van der Waals surface area contributed by atoms with E-state index in [0.29, 0.717) is 13.1 Å². The number of carbonyl (C=O) groups is 1. The number of amides is 1. The fourth-order valence-electron chi connectivity index (χ4n) is 4.67. The van der Waals surface area contributed by atoms with Gasteiger partial charge in [-0.3, -0.25) is 4.79 Å². The summed E-state index contributed by atoms with van der Waals surface area (Å²) in [6.45, 7) is 4.98. The smallest absolute Gasteiger partial charge is 0.255 e. The molecule has 0 aliphatic carbocycles. The Hall–Kier alpha value is -2.51. The summed E-state index contributed by atoms with van der Waals surface area (Å²) >= 11 is 0. The number of nitrogens with one attached hydrogen (secondary N) is 1. The van der Waals surface area contributed by atoms with E-state index < -0.39 is 26.0 Å². The minimum Gasteiger partial charge on any atom is -0.495 e. The first-order valence-electron chi connectivity index (χ1n) is 12.3. The lowest BCUT2D eigenvalue weighted by Gasteiger charge is -2.34. The highest BCUT2D eigenvalue weighted by atomic mass is 32.2. The molecule has 2 aliphatic heterocycles. The minimum absolute atomic E-state index is 0.00478. The molecule has 2 atom stereocenters. The number of morpholine rings is 1. The molecule has 10 nitrogen and oxygen atoms in total. The molecule has 4 rings (SSSR count). The van der Waals surface area contributed by atoms with Gasteiger partial charge in [0.25, 0.3) is 5.91 Å². The van der Waals surface area contributed by atoms with Crippen molar-refractivity contribution >= 4 is 31.6 Å². The zero-order valence-corrected chi connectivity index (χ0v) is 22.8. The van der Waals surface area contributed by atoms with Crippen molar-refractivity contribution < 1.29 is 31.1 Å². The predicted molar refractivity (Wildman–Crippen MR) is 139 cm³/mol. The van der Waals surface area contributed by atoms with E-state index in [9.17, 15) is 21.6 Å². The van der Waals surface area contributed by atoms with Crippen LogP contribution < -0.4 is 10.1 Å². The molecule has 0 aromatic heterocycles. The van der Waals surface area contributed by atoms with Crippen LogP contribution in [-0.2, 0) is 24.8 Å². The standard InChI is InChI=1S/C25H33N3O7S2/c1-18-16-28(17-19(2)35-18)37(32,33)21-9-7-8-20(14-21)25(29)26-23-15-22(10-11-24(23)34-3)36(30,31)27-12-5-4-6-13-27/h7-11,14-15,18-19H,4-6,12-13,16-17H2,1-3H3,(H,26,29). The van der Waals surface area contributed by atoms with Gasteiger partial charge >= 0.3 is 0 Å². The predicted octanol–water partition coefficient (Wildman–Crippen LogP) is 2.92. The zero-order chi connectivity index (χ0) is 26.8. The van der Waals surface area contributed by atoms with Gasteiger partial charge in [-0.1, -0.05) is 12.5 Å². The third-order valence-corrected chi connectivity index (χ3v) is 10.2. The Balaban J connectivity index is 1.59. The highest BCUT2D eigenvalue weighted by Gasteiger charge is 2.33. The van der Waals surface area contributed by atoms with Crippen molar-refractivity contribution in [1.29, 1.82) is 0 Å². The highest BCUT2D eigenvalue weighted by Crippen LogP contribution is 2.31. The Labute approximate surface area is 218 Å². The number of anilines is 1. The number of piperidine rings is 1. The van der Waals surface area contributed by atoms with Crippen LogP contribution in [0.5, 0.6) is 5.75 Å². The molecule has 2 aliphatic rings. The quantitative estimate of drug-likeness (QED) is 0.561. The van der Waals surface area contributed by atoms with Gasteiger partial charge in [-0.05, 0) is 63.1 Å². The molecule has 202 valence electrons. The number of hydrogen-bond acceptors (Lipinski definition) is 7. The summed E-state index contributed by atoms with van der Waals surface area (Å²) in [4.78, 5) is 13.2. The topological polar surface area (TPSA) is 122 Å². The molecular formula is C25H33N3O7S2. The van der Waals surface area contributed by atoms with Crippen LogP contribution in [0.25, 0.3) is 0 Å². The van der Waals surface area contributed by atoms with Crippen molar-refractivity contribution in [2.45, 2.75) is 55.1 Å². The minimum atomic E-state index is -3.84. The van der Waals surface area contributed by atoms with Crippen molar-refractivity contribution in [1.82, 2.24) is 8.61 Å². The first-order valence-corrected chi connectivity index (χ1v) is 15.2. The number of ether oxygens (including phenoxy) is 2. The summed E-state index contributed by atoms with van der Waals surface area (Å²) in [6, 6.07) is 10.1. The highest BCUT2D eigenvalue weighted by molar-refractivity contribution is 7.89. The fraction of sp³-hybridized carbons (Fsp3) is 0.480. The van der Waals surface area contributed by atoms with E-state index in [1.54, 1.807) is 0 Å². The molecular weight excluding hydrogens is 518 g/mol. The van der Waals surface area contributed by atoms with E-state index in [-0.39, 0.29) is 52.1 Å². The molecule has 2 heterocycles. The number of nitrogens with zero attached hydrogens (tertiary/aromatic N) is 2. The molecule has 0 spiro atoms. The van der Waals surface area contributed by atoms with Gasteiger partial charge in [0.05, 0.1) is 34.8 Å². The molecule has 2 aromatic carbocycles. The number of methoxy groups -OCH3 is 1. The molecule has 2 fully saturated rings. The van der Waals surface area contributed by atoms with Crippen molar-refractivity contribution in [3.63, 3.8) is 0 Å². The molecule has 2 unspecified atom stereocenters. The second-order valence-electron chi connectivity index (χ2n) is 9.39. The molecule has 2 aromatic rings. The van der Waals surface area contributed by atoms with Crippen LogP contribution in [0.3, 0.4) is 0 Å². The lowest BCUT2D eigenvalue weighted by Crippen LogP contribution is -2.48. The molecule has 0 saturated carbocycles. The van der Waals surface area contributed by atoms with Gasteiger partial charge in [0, 0.05) is 31.7 Å². The number of hydrogen-bond donors (Lipinski definition) is 1. The molecule has 2 saturated heterocycles. The van der Waals surface area contributed by atoms with Crippen LogP contribution in [-0.4, -0.2) is 76.8 Å². The largest absolute Gasteiger partial charge is 0.495 e. The van der Waals surface area contributed by atoms with E-state index in [0.717, 1.165) is 19.3 Å². The number of benzene rings is 2. The molecule has 12 heteroatoms. The Morgan fingerprint density at radius 3 is 2.16 bits per heavy atom. The van der Waals surface area contributed by atoms with Crippen LogP contribution in [0, 0.1) is 0 Å². The lowest BCUT2D eigenvalue weighted by molar-refractivity contribution is -0.0440. The lowest BCUT2D eigenvalue weighted by atomic mass is 10.2. The SMILES string of the molecule is COc1ccc(S(=O)(=O)N2CCCCC2)cc1NC(=O)c1cccc(S(=O)(=O)N2CC(C)OC(C)C2)c1. The third kappa shape index (κ3) is 5.99. The molecule has 1 N–H and O–H groups in total. The summed E-state index contributed by atoms with van der Waals surface area (Å²) in [6.07, 6.45) is 2.12. The first-order chi connectivity index (χ1) is 17.5. The number of sulfonamides is 2. The molecule has 0 radical (unpaired) electrons. The van der Waals surface area contributed by atoms with Gasteiger partial charge in [0.2, 0.25) is 20.0 Å². The average molecular weight is 552 g/mol. The van der Waals surface area contributed by atoms with Crippen LogP contribution in [0.4, 0.5) is 5.69 Å². The van der Waals surface area contributed by atoms with Crippen molar-refractivity contribution in [2.24, 2.45) is 0 Å². The molecule has 37 heavy (non-hydrogen) atoms. The summed E-state index contributed by atoms with van der Waals surface area (Å²) in [5.41, 5.74) is 0.288. The Morgan fingerprint density at radius 2 is 1.51 bits per heavy atom. The van der Waals surface area contributed by atoms with Crippen molar-refractivity contribution in [2.75, 3.05) is 38.6 Å². The first kappa shape index (κ1) is 27.5. The Kier molecular flexibility index (Phi) is 8.24. The summed E-state index contributed by atoms with van der Waals surface area (Å²) < 4.78 is 66.6. The van der Waals surface area contributed by atoms with Gasteiger partial charge in [0.1, 0.15) is 5.75 Å². The number of rotatable bonds is 7. The van der Waals surface area contributed by atoms with Gasteiger partial charge in [-0.15, -0.1) is 0 Å². The maximum Gasteiger partial charge on any atom is 0.255 e. The van der Waals surface area contributed by atoms with Crippen LogP contribution in [0.15, 0.2) is 52.3 Å². The monoisotopic (exact) mass is 551 g/mol. The third-order valence-electron chi connectivity index (χ3n) is 6.49. The summed E-state index contributed by atoms with van der Waals surface area (Å²) in [5.74, 6) is -0.308. The van der Waals surface area contributed by atoms with Gasteiger partial charge in [-0.2, -0.15) is 8.61 Å². The molecule has 0 bridgehead atoms. The van der Waals surface area contributed by atoms with Gasteiger partial charge in [-0.25, -0.2) is 16.8 Å². The van der Waals surface area contributed by atoms with Crippen LogP contribution >= 0.6 is 0 Å². The maximum absolute atomic E-state index is 13.3. The second-order valence-corrected chi connectivity index (χ2v) is 13.3. The fourth-order valence-corrected chi connectivity index (χ4v) is 7.85. The van der Waals surface area contributed by atoms with Crippen LogP contribution in [0.1, 0.15) is 43.5 Å². The average Bonchev–Trinajstić information content (AvgIpc) is 2.88. The zero-order valence-electron chi connectivity index (χ0n) is 21.2. The van der Waals surface area contributed by atoms with Crippen molar-refractivity contribution in [3.8, 4) is 5.75 Å². The Morgan fingerprint density at radius 1 is 0.892 bits per heavy atom. The second kappa shape index (κ2) is 11.1. The molecule has 1 amide bonds. The Bertz CT molecular complexity index is 1350. The van der Waals surface area contributed by atoms with Gasteiger partial charge in [0.15, 0.2) is 0 Å². The van der Waals surface area contributed by atoms with Crippen molar-refractivity contribution in [3.05, 3.63) is 48.0 Å². The van der Waals surface area contributed by atoms with E-state index >= 15 is 0 Å².